The summed E-state index contributed by atoms with van der Waals surface area (Å²) < 4.78 is 1.21. The lowest BCUT2D eigenvalue weighted by molar-refractivity contribution is 0.0607. The second-order valence-corrected chi connectivity index (χ2v) is 8.44. The largest absolute Gasteiger partial charge is 0.292 e. The van der Waals surface area contributed by atoms with Gasteiger partial charge >= 0.3 is 0 Å². The minimum atomic E-state index is -0.172. The number of benzene rings is 2. The molecule has 5 rings (SSSR count). The average molecular weight is 391 g/mol. The quantitative estimate of drug-likeness (QED) is 0.628. The van der Waals surface area contributed by atoms with Crippen molar-refractivity contribution in [2.75, 3.05) is 19.6 Å². The van der Waals surface area contributed by atoms with Gasteiger partial charge in [0.15, 0.2) is 0 Å². The molecule has 28 heavy (non-hydrogen) atoms. The van der Waals surface area contributed by atoms with Gasteiger partial charge in [-0.2, -0.15) is 0 Å². The third kappa shape index (κ3) is 2.93. The van der Waals surface area contributed by atoms with Crippen LogP contribution in [0.5, 0.6) is 0 Å². The van der Waals surface area contributed by atoms with Crippen molar-refractivity contribution in [3.05, 3.63) is 64.7 Å². The van der Waals surface area contributed by atoms with Crippen molar-refractivity contribution in [2.45, 2.75) is 25.3 Å². The summed E-state index contributed by atoms with van der Waals surface area (Å²) in [4.78, 5) is 33.9. The monoisotopic (exact) mass is 391 g/mol. The van der Waals surface area contributed by atoms with E-state index in [2.05, 4.69) is 17.0 Å². The number of piperidine rings is 1. The zero-order valence-electron chi connectivity index (χ0n) is 15.5. The molecule has 0 aliphatic carbocycles. The first kappa shape index (κ1) is 17.5. The summed E-state index contributed by atoms with van der Waals surface area (Å²) >= 11 is 1.76. The van der Waals surface area contributed by atoms with Gasteiger partial charge in [0.05, 0.1) is 27.4 Å². The summed E-state index contributed by atoms with van der Waals surface area (Å²) in [7, 11) is 0. The highest BCUT2D eigenvalue weighted by Gasteiger charge is 2.36. The van der Waals surface area contributed by atoms with E-state index in [1.165, 1.54) is 16.0 Å². The van der Waals surface area contributed by atoms with E-state index in [9.17, 15) is 9.59 Å². The fourth-order valence-electron chi connectivity index (χ4n) is 4.24. The average Bonchev–Trinajstić information content (AvgIpc) is 3.27. The zero-order valence-corrected chi connectivity index (χ0v) is 16.3. The topological polar surface area (TPSA) is 53.5 Å². The van der Waals surface area contributed by atoms with Gasteiger partial charge in [0.2, 0.25) is 0 Å². The molecule has 2 aliphatic rings. The van der Waals surface area contributed by atoms with Gasteiger partial charge in [0.1, 0.15) is 5.01 Å². The second-order valence-electron chi connectivity index (χ2n) is 7.37. The summed E-state index contributed by atoms with van der Waals surface area (Å²) in [5.74, 6) is -0.344. The number of thiazole rings is 1. The second kappa shape index (κ2) is 7.11. The van der Waals surface area contributed by atoms with Gasteiger partial charge < -0.3 is 0 Å². The van der Waals surface area contributed by atoms with Gasteiger partial charge in [0, 0.05) is 13.1 Å². The summed E-state index contributed by atoms with van der Waals surface area (Å²) in [5.41, 5.74) is 2.09. The molecule has 0 radical (unpaired) electrons. The number of hydrogen-bond donors (Lipinski definition) is 0. The summed E-state index contributed by atoms with van der Waals surface area (Å²) in [6.07, 6.45) is 3.40. The molecule has 3 heterocycles. The van der Waals surface area contributed by atoms with Crippen LogP contribution in [0.1, 0.15) is 51.0 Å². The number of amides is 2. The normalized spacial score (nSPS) is 20.1. The fourth-order valence-corrected chi connectivity index (χ4v) is 5.38. The molecule has 0 unspecified atom stereocenters. The Hall–Kier alpha value is -2.57. The number of imide groups is 1. The van der Waals surface area contributed by atoms with E-state index in [0.717, 1.165) is 29.9 Å². The van der Waals surface area contributed by atoms with Crippen LogP contribution >= 0.6 is 11.3 Å². The summed E-state index contributed by atoms with van der Waals surface area (Å²) in [6.45, 7) is 2.09. The Bertz CT molecular complexity index is 993. The first-order valence-electron chi connectivity index (χ1n) is 9.77. The van der Waals surface area contributed by atoms with E-state index in [1.807, 2.05) is 12.1 Å². The molecule has 142 valence electrons. The van der Waals surface area contributed by atoms with Crippen LogP contribution in [0.2, 0.25) is 0 Å². The minimum Gasteiger partial charge on any atom is -0.292 e. The van der Waals surface area contributed by atoms with Crippen LogP contribution in [0.15, 0.2) is 48.5 Å². The number of rotatable bonds is 4. The standard InChI is InChI=1S/C22H21N3O2S/c26-21-15-7-1-2-8-16(15)22(27)25(21)14-13-24-12-6-5-10-18(24)20-23-17-9-3-4-11-19(17)28-20/h1-4,7-9,11,18H,5-6,10,12-14H2/t18-/m1/s1. The van der Waals surface area contributed by atoms with Crippen LogP contribution in [0.3, 0.4) is 0 Å². The van der Waals surface area contributed by atoms with E-state index in [-0.39, 0.29) is 17.9 Å². The number of carbonyl (C=O) groups excluding carboxylic acids is 2. The van der Waals surface area contributed by atoms with E-state index < -0.39 is 0 Å². The Morgan fingerprint density at radius 1 is 0.929 bits per heavy atom. The Labute approximate surface area is 167 Å². The van der Waals surface area contributed by atoms with Crippen molar-refractivity contribution in [1.82, 2.24) is 14.8 Å². The van der Waals surface area contributed by atoms with Crippen molar-refractivity contribution < 1.29 is 9.59 Å². The molecule has 1 atom stereocenters. The van der Waals surface area contributed by atoms with Crippen LogP contribution in [-0.2, 0) is 0 Å². The highest BCUT2D eigenvalue weighted by atomic mass is 32.1. The molecular weight excluding hydrogens is 370 g/mol. The first-order chi connectivity index (χ1) is 13.7. The van der Waals surface area contributed by atoms with Crippen LogP contribution < -0.4 is 0 Å². The number of likely N-dealkylation sites (tertiary alicyclic amines) is 1. The van der Waals surface area contributed by atoms with Crippen LogP contribution in [0.4, 0.5) is 0 Å². The van der Waals surface area contributed by atoms with Gasteiger partial charge in [-0.25, -0.2) is 4.98 Å². The molecule has 1 fully saturated rings. The number of fused-ring (bicyclic) bond motifs is 2. The van der Waals surface area contributed by atoms with Crippen LogP contribution in [0.25, 0.3) is 10.2 Å². The number of hydrogen-bond acceptors (Lipinski definition) is 5. The van der Waals surface area contributed by atoms with Crippen molar-refractivity contribution in [2.24, 2.45) is 0 Å². The van der Waals surface area contributed by atoms with E-state index in [0.29, 0.717) is 24.2 Å². The van der Waals surface area contributed by atoms with E-state index in [4.69, 9.17) is 4.98 Å². The Morgan fingerprint density at radius 3 is 2.39 bits per heavy atom. The van der Waals surface area contributed by atoms with E-state index >= 15 is 0 Å². The number of aromatic nitrogens is 1. The third-order valence-corrected chi connectivity index (χ3v) is 6.84. The summed E-state index contributed by atoms with van der Waals surface area (Å²) in [5, 5.41) is 1.14. The molecule has 0 saturated carbocycles. The lowest BCUT2D eigenvalue weighted by Crippen LogP contribution is -2.41. The maximum absolute atomic E-state index is 12.6. The van der Waals surface area contributed by atoms with E-state index in [1.54, 1.807) is 35.6 Å². The molecule has 1 saturated heterocycles. The number of para-hydroxylation sites is 1. The lowest BCUT2D eigenvalue weighted by Gasteiger charge is -2.35. The maximum Gasteiger partial charge on any atom is 0.261 e. The Balaban J connectivity index is 1.34. The summed E-state index contributed by atoms with van der Waals surface area (Å²) in [6, 6.07) is 15.6. The molecule has 2 aliphatic heterocycles. The molecule has 2 aromatic carbocycles. The SMILES string of the molecule is O=C1c2ccccc2C(=O)N1CCN1CCCC[C@@H]1c1nc2ccccc2s1. The Morgan fingerprint density at radius 2 is 1.64 bits per heavy atom. The molecule has 5 nitrogen and oxygen atoms in total. The van der Waals surface area contributed by atoms with Gasteiger partial charge in [-0.15, -0.1) is 11.3 Å². The molecule has 0 spiro atoms. The van der Waals surface area contributed by atoms with Crippen molar-refractivity contribution in [3.63, 3.8) is 0 Å². The van der Waals surface area contributed by atoms with Crippen molar-refractivity contribution >= 4 is 33.4 Å². The van der Waals surface area contributed by atoms with Crippen molar-refractivity contribution in [1.29, 1.82) is 0 Å². The third-order valence-electron chi connectivity index (χ3n) is 5.70. The Kier molecular flexibility index (Phi) is 4.45. The molecule has 1 aromatic heterocycles. The predicted octanol–water partition coefficient (Wildman–Crippen LogP) is 4.12. The van der Waals surface area contributed by atoms with Gasteiger partial charge in [0.25, 0.3) is 11.8 Å². The highest BCUT2D eigenvalue weighted by molar-refractivity contribution is 7.18. The lowest BCUT2D eigenvalue weighted by atomic mass is 10.0. The van der Waals surface area contributed by atoms with Gasteiger partial charge in [-0.1, -0.05) is 30.7 Å². The minimum absolute atomic E-state index is 0.172. The molecular formula is C22H21N3O2S. The molecule has 2 amide bonds. The highest BCUT2D eigenvalue weighted by Crippen LogP contribution is 2.35. The number of nitrogens with zero attached hydrogens (tertiary/aromatic N) is 3. The van der Waals surface area contributed by atoms with Crippen LogP contribution in [0, 0.1) is 0 Å². The zero-order chi connectivity index (χ0) is 19.1. The van der Waals surface area contributed by atoms with Gasteiger partial charge in [-0.05, 0) is 43.7 Å². The first-order valence-corrected chi connectivity index (χ1v) is 10.6. The van der Waals surface area contributed by atoms with Crippen molar-refractivity contribution in [3.8, 4) is 0 Å². The smallest absolute Gasteiger partial charge is 0.261 e. The van der Waals surface area contributed by atoms with Gasteiger partial charge in [-0.3, -0.25) is 19.4 Å². The number of carbonyl (C=O) groups is 2. The van der Waals surface area contributed by atoms with Crippen LogP contribution in [-0.4, -0.2) is 46.2 Å². The fraction of sp³-hybridized carbons (Fsp3) is 0.318. The molecule has 3 aromatic rings. The molecule has 6 heteroatoms. The predicted molar refractivity (Wildman–Crippen MR) is 110 cm³/mol. The maximum atomic E-state index is 12.6. The molecule has 0 N–H and O–H groups in total. The molecule has 0 bridgehead atoms.